The van der Waals surface area contributed by atoms with E-state index in [2.05, 4.69) is 16.9 Å². The molecule has 0 spiro atoms. The number of aromatic nitrogens is 2. The van der Waals surface area contributed by atoms with Gasteiger partial charge in [0.1, 0.15) is 0 Å². The molecule has 2 heterocycles. The molecule has 0 aliphatic rings. The Kier molecular flexibility index (Phi) is 27.7. The van der Waals surface area contributed by atoms with Crippen molar-refractivity contribution in [2.75, 3.05) is 0 Å². The minimum Gasteiger partial charge on any atom is 0 e. The predicted molar refractivity (Wildman–Crippen MR) is 87.0 cm³/mol. The molecule has 0 amide bonds. The van der Waals surface area contributed by atoms with Gasteiger partial charge in [-0.05, 0) is 24.3 Å². The first-order valence-corrected chi connectivity index (χ1v) is 6.57. The van der Waals surface area contributed by atoms with Gasteiger partial charge in [0.2, 0.25) is 0 Å². The Bertz CT molecular complexity index is 422. The van der Waals surface area contributed by atoms with Crippen molar-refractivity contribution < 1.29 is 52.2 Å². The average molecular weight is 449 g/mol. The summed E-state index contributed by atoms with van der Waals surface area (Å²) in [5, 5.41) is 0. The second-order valence-electron chi connectivity index (χ2n) is 2.98. The first kappa shape index (κ1) is 29.1. The van der Waals surface area contributed by atoms with Gasteiger partial charge in [0, 0.05) is 44.6 Å². The Morgan fingerprint density at radius 1 is 0.905 bits per heavy atom. The van der Waals surface area contributed by atoms with Gasteiger partial charge in [-0.15, -0.1) is 6.42 Å². The monoisotopic (exact) mass is 450 g/mol. The van der Waals surface area contributed by atoms with Crippen LogP contribution in [0.1, 0.15) is 33.4 Å². The number of hydrogen-bond donors (Lipinski definition) is 0. The van der Waals surface area contributed by atoms with Crippen molar-refractivity contribution in [2.45, 2.75) is 34.1 Å². The van der Waals surface area contributed by atoms with Crippen LogP contribution in [0.15, 0.2) is 42.6 Å². The van der Waals surface area contributed by atoms with E-state index in [0.717, 1.165) is 17.1 Å². The van der Waals surface area contributed by atoms with Gasteiger partial charge >= 0.3 is 19.5 Å². The van der Waals surface area contributed by atoms with Gasteiger partial charge in [-0.3, -0.25) is 9.97 Å². The molecule has 2 rings (SSSR count). The summed E-state index contributed by atoms with van der Waals surface area (Å²) in [5.74, 6) is 0. The summed E-state index contributed by atoms with van der Waals surface area (Å²) in [6.07, 6.45) is 2.48. The normalized spacial score (nSPS) is 7.29. The molecule has 0 saturated carbocycles. The molecule has 4 heteroatoms. The molecule has 2 aromatic rings. The van der Waals surface area contributed by atoms with Crippen molar-refractivity contribution in [1.29, 1.82) is 0 Å². The van der Waals surface area contributed by atoms with Crippen LogP contribution in [0.2, 0.25) is 0 Å². The van der Waals surface area contributed by atoms with Gasteiger partial charge in [-0.25, -0.2) is 0 Å². The smallest absolute Gasteiger partial charge is 0 e. The summed E-state index contributed by atoms with van der Waals surface area (Å²) in [6, 6.07) is 11.7. The van der Waals surface area contributed by atoms with Crippen LogP contribution >= 0.6 is 0 Å². The molecule has 116 valence electrons. The Balaban J connectivity index is -0.000000191. The molecule has 0 aliphatic carbocycles. The molecule has 0 saturated heterocycles. The molecule has 0 atom stereocenters. The molecular formula is C17H27N2RuY. The first-order chi connectivity index (χ1) is 8.90. The van der Waals surface area contributed by atoms with E-state index >= 15 is 0 Å². The van der Waals surface area contributed by atoms with Crippen molar-refractivity contribution in [2.24, 2.45) is 0 Å². The van der Waals surface area contributed by atoms with Crippen LogP contribution in [0.3, 0.4) is 0 Å². The topological polar surface area (TPSA) is 25.8 Å². The van der Waals surface area contributed by atoms with Gasteiger partial charge in [0.05, 0.1) is 11.4 Å². The van der Waals surface area contributed by atoms with E-state index in [9.17, 15) is 0 Å². The molecular weight excluding hydrogens is 422 g/mol. The Morgan fingerprint density at radius 2 is 1.48 bits per heavy atom. The van der Waals surface area contributed by atoms with E-state index in [4.69, 9.17) is 0 Å². The van der Waals surface area contributed by atoms with Crippen LogP contribution in [-0.4, -0.2) is 9.97 Å². The van der Waals surface area contributed by atoms with Crippen molar-refractivity contribution in [1.82, 2.24) is 9.97 Å². The van der Waals surface area contributed by atoms with Gasteiger partial charge in [0.25, 0.3) is 0 Å². The molecule has 2 aromatic heterocycles. The van der Waals surface area contributed by atoms with Gasteiger partial charge in [-0.2, -0.15) is 0 Å². The van der Waals surface area contributed by atoms with Crippen molar-refractivity contribution in [3.05, 3.63) is 62.6 Å². The summed E-state index contributed by atoms with van der Waals surface area (Å²) in [7, 11) is 0. The Hall–Kier alpha value is 0.0273. The third-order valence-electron chi connectivity index (χ3n) is 1.99. The number of nitrogens with zero attached hydrogens (tertiary/aromatic N) is 2. The molecule has 21 heavy (non-hydrogen) atoms. The molecule has 2 nitrogen and oxygen atoms in total. The second-order valence-corrected chi connectivity index (χ2v) is 2.98. The fourth-order valence-electron chi connectivity index (χ4n) is 1.28. The van der Waals surface area contributed by atoms with E-state index in [1.165, 1.54) is 0 Å². The number of hydrogen-bond acceptors (Lipinski definition) is 2. The standard InChI is InChI=1S/C12H11N2.2C2H6.CH3.Ru.Y.H/c1-2-10-6-5-8-12(14-10)11-7-3-4-9-13-11;2*1-2;;;;/h3-9H,1-2H2;2*1-2H3;1H3;;;/q-1;;;-1;+2;;. The molecule has 0 unspecified atom stereocenters. The maximum atomic E-state index is 4.44. The number of pyridine rings is 2. The summed E-state index contributed by atoms with van der Waals surface area (Å²) in [4.78, 5) is 8.68. The molecule has 0 aliphatic heterocycles. The summed E-state index contributed by atoms with van der Waals surface area (Å²) in [6.45, 7) is 11.8. The predicted octanol–water partition coefficient (Wildman–Crippen LogP) is 4.75. The third kappa shape index (κ3) is 11.3. The van der Waals surface area contributed by atoms with Crippen LogP contribution in [-0.2, 0) is 58.6 Å². The summed E-state index contributed by atoms with van der Waals surface area (Å²) >= 11 is 0. The summed E-state index contributed by atoms with van der Waals surface area (Å²) < 4.78 is 0. The van der Waals surface area contributed by atoms with Crippen LogP contribution in [0.25, 0.3) is 11.4 Å². The van der Waals surface area contributed by atoms with Crippen LogP contribution in [0.4, 0.5) is 0 Å². The van der Waals surface area contributed by atoms with Gasteiger partial charge in [0.15, 0.2) is 0 Å². The van der Waals surface area contributed by atoms with Crippen LogP contribution in [0, 0.1) is 14.4 Å². The second kappa shape index (κ2) is 20.0. The minimum atomic E-state index is 0. The van der Waals surface area contributed by atoms with Crippen molar-refractivity contribution in [3.63, 3.8) is 0 Å². The van der Waals surface area contributed by atoms with Crippen LogP contribution in [0.5, 0.6) is 0 Å². The SMILES string of the molecule is CC.CC.[CH2-]Cc1cccc(-c2ccccn2)n1.[CH3-].[RuH+2].[Y]. The van der Waals surface area contributed by atoms with Crippen molar-refractivity contribution in [3.8, 4) is 11.4 Å². The molecule has 0 aromatic carbocycles. The van der Waals surface area contributed by atoms with E-state index in [-0.39, 0.29) is 59.6 Å². The van der Waals surface area contributed by atoms with E-state index in [1.54, 1.807) is 6.20 Å². The molecule has 0 N–H and O–H groups in total. The van der Waals surface area contributed by atoms with Gasteiger partial charge < -0.3 is 14.4 Å². The maximum Gasteiger partial charge on any atom is 0 e. The summed E-state index contributed by atoms with van der Waals surface area (Å²) in [5.41, 5.74) is 2.81. The fraction of sp³-hybridized carbons (Fsp3) is 0.294. The van der Waals surface area contributed by atoms with Gasteiger partial charge in [-0.1, -0.05) is 39.8 Å². The zero-order valence-corrected chi connectivity index (χ0v) is 18.5. The Labute approximate surface area is 169 Å². The van der Waals surface area contributed by atoms with E-state index in [0.29, 0.717) is 6.42 Å². The Morgan fingerprint density at radius 3 is 1.95 bits per heavy atom. The zero-order valence-electron chi connectivity index (χ0n) is 13.8. The van der Waals surface area contributed by atoms with Crippen LogP contribution < -0.4 is 0 Å². The maximum absolute atomic E-state index is 4.44. The largest absolute Gasteiger partial charge is 0 e. The fourth-order valence-corrected chi connectivity index (χ4v) is 1.28. The third-order valence-corrected chi connectivity index (χ3v) is 1.99. The average Bonchev–Trinajstić information content (AvgIpc) is 2.52. The van der Waals surface area contributed by atoms with E-state index in [1.807, 2.05) is 64.1 Å². The zero-order chi connectivity index (χ0) is 13.8. The number of rotatable bonds is 2. The molecule has 0 fully saturated rings. The minimum absolute atomic E-state index is 0. The van der Waals surface area contributed by atoms with E-state index < -0.39 is 0 Å². The molecule has 1 radical (unpaired) electrons. The first-order valence-electron chi connectivity index (χ1n) is 6.57. The molecule has 0 bridgehead atoms. The quantitative estimate of drug-likeness (QED) is 0.489. The van der Waals surface area contributed by atoms with Crippen molar-refractivity contribution >= 4 is 0 Å².